The van der Waals surface area contributed by atoms with Crippen LogP contribution < -0.4 is 14.8 Å². The molecule has 0 saturated carbocycles. The van der Waals surface area contributed by atoms with E-state index in [1.54, 1.807) is 7.11 Å². The van der Waals surface area contributed by atoms with Crippen molar-refractivity contribution in [1.82, 2.24) is 5.32 Å². The average molecular weight is 327 g/mol. The zero-order valence-electron chi connectivity index (χ0n) is 14.3. The van der Waals surface area contributed by atoms with Crippen LogP contribution in [0, 0.1) is 0 Å². The van der Waals surface area contributed by atoms with Crippen molar-refractivity contribution in [3.05, 3.63) is 60.2 Å². The van der Waals surface area contributed by atoms with E-state index >= 15 is 0 Å². The summed E-state index contributed by atoms with van der Waals surface area (Å²) in [5.74, 6) is 1.70. The number of carbonyl (C=O) groups excluding carboxylic acids is 1. The summed E-state index contributed by atoms with van der Waals surface area (Å²) in [5.41, 5.74) is 1.09. The standard InChI is InChI=1S/C20H25NO3/c1-3-19(16-11-13-17(23-2)14-12-16)21-20(22)10-7-15-24-18-8-5-4-6-9-18/h4-6,8-9,11-14,19H,3,7,10,15H2,1-2H3,(H,21,22)/t19-/m0/s1. The summed E-state index contributed by atoms with van der Waals surface area (Å²) in [4.78, 5) is 12.1. The van der Waals surface area contributed by atoms with Crippen LogP contribution in [0.5, 0.6) is 11.5 Å². The third-order valence-corrected chi connectivity index (χ3v) is 3.82. The predicted octanol–water partition coefficient (Wildman–Crippen LogP) is 4.12. The second-order valence-electron chi connectivity index (χ2n) is 5.57. The predicted molar refractivity (Wildman–Crippen MR) is 95.3 cm³/mol. The molecule has 0 aliphatic heterocycles. The Morgan fingerprint density at radius 2 is 1.75 bits per heavy atom. The molecule has 0 aliphatic carbocycles. The van der Waals surface area contributed by atoms with Gasteiger partial charge in [0.15, 0.2) is 0 Å². The van der Waals surface area contributed by atoms with E-state index in [2.05, 4.69) is 12.2 Å². The van der Waals surface area contributed by atoms with Gasteiger partial charge in [0.1, 0.15) is 11.5 Å². The molecule has 0 spiro atoms. The Hall–Kier alpha value is -2.49. The number of methoxy groups -OCH3 is 1. The number of hydrogen-bond donors (Lipinski definition) is 1. The molecule has 2 aromatic carbocycles. The van der Waals surface area contributed by atoms with E-state index in [0.717, 1.165) is 23.5 Å². The molecule has 1 atom stereocenters. The van der Waals surface area contributed by atoms with Crippen molar-refractivity contribution in [2.75, 3.05) is 13.7 Å². The maximum atomic E-state index is 12.1. The van der Waals surface area contributed by atoms with Gasteiger partial charge in [-0.25, -0.2) is 0 Å². The monoisotopic (exact) mass is 327 g/mol. The van der Waals surface area contributed by atoms with Crippen LogP contribution in [0.3, 0.4) is 0 Å². The van der Waals surface area contributed by atoms with Crippen molar-refractivity contribution in [1.29, 1.82) is 0 Å². The largest absolute Gasteiger partial charge is 0.497 e. The number of amides is 1. The van der Waals surface area contributed by atoms with Crippen LogP contribution >= 0.6 is 0 Å². The van der Waals surface area contributed by atoms with Crippen LogP contribution in [-0.2, 0) is 4.79 Å². The maximum Gasteiger partial charge on any atom is 0.220 e. The van der Waals surface area contributed by atoms with E-state index in [0.29, 0.717) is 19.4 Å². The Labute approximate surface area is 143 Å². The van der Waals surface area contributed by atoms with Crippen LogP contribution in [0.2, 0.25) is 0 Å². The van der Waals surface area contributed by atoms with Crippen molar-refractivity contribution in [2.24, 2.45) is 0 Å². The van der Waals surface area contributed by atoms with E-state index in [9.17, 15) is 4.79 Å². The number of rotatable bonds is 9. The molecular formula is C20H25NO3. The van der Waals surface area contributed by atoms with Crippen LogP contribution in [0.15, 0.2) is 54.6 Å². The highest BCUT2D eigenvalue weighted by atomic mass is 16.5. The Morgan fingerprint density at radius 3 is 2.38 bits per heavy atom. The number of benzene rings is 2. The fourth-order valence-electron chi connectivity index (χ4n) is 2.46. The molecule has 0 bridgehead atoms. The molecule has 0 heterocycles. The molecule has 24 heavy (non-hydrogen) atoms. The first-order chi connectivity index (χ1) is 11.7. The highest BCUT2D eigenvalue weighted by molar-refractivity contribution is 5.76. The average Bonchev–Trinajstić information content (AvgIpc) is 2.64. The minimum absolute atomic E-state index is 0.0263. The quantitative estimate of drug-likeness (QED) is 0.705. The lowest BCUT2D eigenvalue weighted by Crippen LogP contribution is -2.28. The topological polar surface area (TPSA) is 47.6 Å². The number of ether oxygens (including phenoxy) is 2. The molecule has 0 aliphatic rings. The van der Waals surface area contributed by atoms with Crippen molar-refractivity contribution < 1.29 is 14.3 Å². The summed E-state index contributed by atoms with van der Waals surface area (Å²) >= 11 is 0. The molecule has 4 nitrogen and oxygen atoms in total. The van der Waals surface area contributed by atoms with Crippen molar-refractivity contribution in [3.63, 3.8) is 0 Å². The second kappa shape index (κ2) is 9.60. The molecule has 0 unspecified atom stereocenters. The molecule has 0 radical (unpaired) electrons. The molecule has 0 saturated heterocycles. The summed E-state index contributed by atoms with van der Waals surface area (Å²) in [6, 6.07) is 17.5. The van der Waals surface area contributed by atoms with Gasteiger partial charge in [0.25, 0.3) is 0 Å². The fourth-order valence-corrected chi connectivity index (χ4v) is 2.46. The SMILES string of the molecule is CC[C@H](NC(=O)CCCOc1ccccc1)c1ccc(OC)cc1. The smallest absolute Gasteiger partial charge is 0.220 e. The number of nitrogens with one attached hydrogen (secondary N) is 1. The zero-order valence-corrected chi connectivity index (χ0v) is 14.3. The number of hydrogen-bond acceptors (Lipinski definition) is 3. The summed E-state index contributed by atoms with van der Waals surface area (Å²) < 4.78 is 10.8. The first-order valence-electron chi connectivity index (χ1n) is 8.34. The van der Waals surface area contributed by atoms with Crippen molar-refractivity contribution >= 4 is 5.91 Å². The van der Waals surface area contributed by atoms with Crippen LogP contribution in [0.25, 0.3) is 0 Å². The van der Waals surface area contributed by atoms with E-state index in [4.69, 9.17) is 9.47 Å². The highest BCUT2D eigenvalue weighted by Crippen LogP contribution is 2.20. The van der Waals surface area contributed by atoms with Crippen molar-refractivity contribution in [2.45, 2.75) is 32.2 Å². The van der Waals surface area contributed by atoms with Gasteiger partial charge in [-0.2, -0.15) is 0 Å². The van der Waals surface area contributed by atoms with Gasteiger partial charge in [-0.1, -0.05) is 37.3 Å². The second-order valence-corrected chi connectivity index (χ2v) is 5.57. The lowest BCUT2D eigenvalue weighted by molar-refractivity contribution is -0.122. The van der Waals surface area contributed by atoms with Crippen LogP contribution in [0.4, 0.5) is 0 Å². The first kappa shape index (κ1) is 17.9. The van der Waals surface area contributed by atoms with Gasteiger partial charge in [-0.15, -0.1) is 0 Å². The van der Waals surface area contributed by atoms with Gasteiger partial charge in [0.2, 0.25) is 5.91 Å². The molecule has 2 aromatic rings. The summed E-state index contributed by atoms with van der Waals surface area (Å²) in [6.07, 6.45) is 2.00. The van der Waals surface area contributed by atoms with Gasteiger partial charge < -0.3 is 14.8 Å². The third kappa shape index (κ3) is 5.61. The minimum Gasteiger partial charge on any atom is -0.497 e. The summed E-state index contributed by atoms with van der Waals surface area (Å²) in [5, 5.41) is 3.08. The molecule has 1 N–H and O–H groups in total. The van der Waals surface area contributed by atoms with E-state index < -0.39 is 0 Å². The van der Waals surface area contributed by atoms with Crippen LogP contribution in [-0.4, -0.2) is 19.6 Å². The van der Waals surface area contributed by atoms with Gasteiger partial charge in [-0.05, 0) is 42.7 Å². The molecule has 4 heteroatoms. The third-order valence-electron chi connectivity index (χ3n) is 3.82. The van der Waals surface area contributed by atoms with Gasteiger partial charge in [-0.3, -0.25) is 4.79 Å². The Morgan fingerprint density at radius 1 is 1.04 bits per heavy atom. The highest BCUT2D eigenvalue weighted by Gasteiger charge is 2.12. The molecular weight excluding hydrogens is 302 g/mol. The normalized spacial score (nSPS) is 11.6. The van der Waals surface area contributed by atoms with E-state index in [1.807, 2.05) is 54.6 Å². The number of carbonyl (C=O) groups is 1. The molecule has 0 aromatic heterocycles. The zero-order chi connectivity index (χ0) is 17.2. The van der Waals surface area contributed by atoms with Crippen LogP contribution in [0.1, 0.15) is 37.8 Å². The Balaban J connectivity index is 1.75. The minimum atomic E-state index is 0.0263. The molecule has 0 fully saturated rings. The molecule has 1 amide bonds. The Kier molecular flexibility index (Phi) is 7.15. The summed E-state index contributed by atoms with van der Waals surface area (Å²) in [7, 11) is 1.64. The maximum absolute atomic E-state index is 12.1. The summed E-state index contributed by atoms with van der Waals surface area (Å²) in [6.45, 7) is 2.60. The van der Waals surface area contributed by atoms with E-state index in [1.165, 1.54) is 0 Å². The van der Waals surface area contributed by atoms with Gasteiger partial charge in [0.05, 0.1) is 19.8 Å². The lowest BCUT2D eigenvalue weighted by atomic mass is 10.0. The van der Waals surface area contributed by atoms with Gasteiger partial charge in [0, 0.05) is 6.42 Å². The fraction of sp³-hybridized carbons (Fsp3) is 0.350. The first-order valence-corrected chi connectivity index (χ1v) is 8.34. The molecule has 128 valence electrons. The Bertz CT molecular complexity index is 611. The van der Waals surface area contributed by atoms with E-state index in [-0.39, 0.29) is 11.9 Å². The van der Waals surface area contributed by atoms with Crippen molar-refractivity contribution in [3.8, 4) is 11.5 Å². The van der Waals surface area contributed by atoms with Gasteiger partial charge >= 0.3 is 0 Å². The molecule has 2 rings (SSSR count). The lowest BCUT2D eigenvalue weighted by Gasteiger charge is -2.18. The number of para-hydroxylation sites is 1.